The predicted molar refractivity (Wildman–Crippen MR) is 135 cm³/mol. The van der Waals surface area contributed by atoms with Gasteiger partial charge in [0, 0.05) is 0 Å². The van der Waals surface area contributed by atoms with Crippen LogP contribution in [0.2, 0.25) is 0 Å². The summed E-state index contributed by atoms with van der Waals surface area (Å²) < 4.78 is 45.5. The zero-order chi connectivity index (χ0) is 29.5. The number of hydrogen-bond donors (Lipinski definition) is 6. The summed E-state index contributed by atoms with van der Waals surface area (Å²) in [5.41, 5.74) is 0. The van der Waals surface area contributed by atoms with Gasteiger partial charge in [-0.3, -0.25) is 0 Å². The molecule has 0 heterocycles. The van der Waals surface area contributed by atoms with Crippen molar-refractivity contribution in [1.29, 1.82) is 8.59 Å². The molecule has 0 aromatic rings. The summed E-state index contributed by atoms with van der Waals surface area (Å²) in [4.78, 5) is 0. The van der Waals surface area contributed by atoms with Crippen LogP contribution in [0.4, 0.5) is 0 Å². The van der Waals surface area contributed by atoms with Crippen molar-refractivity contribution in [3.8, 4) is 0 Å². The Balaban J connectivity index is 1.38. The van der Waals surface area contributed by atoms with Gasteiger partial charge in [0.1, 0.15) is 0 Å². The molecule has 0 spiro atoms. The van der Waals surface area contributed by atoms with Gasteiger partial charge in [-0.15, -0.1) is 0 Å². The van der Waals surface area contributed by atoms with Crippen molar-refractivity contribution in [2.24, 2.45) is 47.3 Å². The van der Waals surface area contributed by atoms with E-state index in [0.717, 1.165) is 70.6 Å². The Kier molecular flexibility index (Phi) is 7.14. The second kappa shape index (κ2) is 12.1. The van der Waals surface area contributed by atoms with Crippen molar-refractivity contribution in [3.05, 3.63) is 0 Å². The van der Waals surface area contributed by atoms with Gasteiger partial charge < -0.3 is 30.7 Å². The molecular formula is C29H52O6. The number of rotatable bonds is 12. The summed E-state index contributed by atoms with van der Waals surface area (Å²) in [6.07, 6.45) is 10.3. The van der Waals surface area contributed by atoms with Crippen molar-refractivity contribution in [3.63, 3.8) is 0 Å². The molecule has 0 radical (unpaired) electrons. The van der Waals surface area contributed by atoms with Gasteiger partial charge in [-0.1, -0.05) is 13.8 Å². The molecule has 14 atom stereocenters. The lowest BCUT2D eigenvalue weighted by molar-refractivity contribution is -0.0555. The Morgan fingerprint density at radius 3 is 1.40 bits per heavy atom. The van der Waals surface area contributed by atoms with Crippen molar-refractivity contribution < 1.29 is 30.7 Å². The zero-order valence-corrected chi connectivity index (χ0v) is 21.7. The van der Waals surface area contributed by atoms with Crippen LogP contribution in [0.5, 0.6) is 0 Å². The minimum Gasteiger partial charge on any atom is -0.393 e. The molecule has 0 aromatic heterocycles. The van der Waals surface area contributed by atoms with Gasteiger partial charge >= 0.3 is 0 Å². The fourth-order valence-electron chi connectivity index (χ4n) is 8.51. The third-order valence-electron chi connectivity index (χ3n) is 10.4. The molecule has 6 heteroatoms. The zero-order valence-electron chi connectivity index (χ0n) is 27.7. The molecule has 6 nitrogen and oxygen atoms in total. The normalized spacial score (nSPS) is 54.0. The highest BCUT2D eigenvalue weighted by atomic mass is 16.3. The van der Waals surface area contributed by atoms with Gasteiger partial charge in [-0.2, -0.15) is 0 Å². The maximum atomic E-state index is 7.84. The molecule has 4 saturated carbocycles. The maximum absolute atomic E-state index is 7.84. The van der Waals surface area contributed by atoms with Crippen LogP contribution in [-0.2, 0) is 0 Å². The topological polar surface area (TPSA) is 121 Å². The van der Waals surface area contributed by atoms with Crippen LogP contribution >= 0.6 is 0 Å². The molecule has 204 valence electrons. The van der Waals surface area contributed by atoms with Crippen LogP contribution in [-0.4, -0.2) is 75.9 Å². The average molecular weight is 503 g/mol. The van der Waals surface area contributed by atoms with Gasteiger partial charge in [0.05, 0.1) is 36.6 Å². The van der Waals surface area contributed by atoms with Crippen molar-refractivity contribution in [1.82, 2.24) is 0 Å². The van der Waals surface area contributed by atoms with Crippen molar-refractivity contribution >= 4 is 0 Å². The molecule has 4 fully saturated rings. The molecule has 35 heavy (non-hydrogen) atoms. The summed E-state index contributed by atoms with van der Waals surface area (Å²) in [5.74, 6) is 2.53. The Bertz CT molecular complexity index is 711. The quantitative estimate of drug-likeness (QED) is 0.244. The number of aliphatic hydroxyl groups excluding tert-OH is 6. The number of hydrogen-bond acceptors (Lipinski definition) is 6. The third kappa shape index (κ3) is 7.00. The number of aliphatic hydroxyl groups is 6. The first-order valence-corrected chi connectivity index (χ1v) is 14.6. The highest BCUT2D eigenvalue weighted by molar-refractivity contribution is 4.92. The molecule has 6 N–H and O–H groups in total. The molecule has 0 aromatic carbocycles. The van der Waals surface area contributed by atoms with E-state index in [4.69, 9.17) is 39.2 Å². The lowest BCUT2D eigenvalue weighted by atomic mass is 9.63. The summed E-state index contributed by atoms with van der Waals surface area (Å²) in [5, 5.41) is 30.4. The summed E-state index contributed by atoms with van der Waals surface area (Å²) >= 11 is 0. The van der Waals surface area contributed by atoms with Gasteiger partial charge in [0.2, 0.25) is 8.59 Å². The molecule has 0 saturated heterocycles. The van der Waals surface area contributed by atoms with E-state index >= 15 is 0 Å². The van der Waals surface area contributed by atoms with E-state index in [9.17, 15) is 0 Å². The van der Waals surface area contributed by atoms with E-state index in [0.29, 0.717) is 24.7 Å². The highest BCUT2D eigenvalue weighted by Gasteiger charge is 2.42. The second-order valence-corrected chi connectivity index (χ2v) is 13.3. The van der Waals surface area contributed by atoms with Gasteiger partial charge in [-0.05, 0) is 131 Å². The third-order valence-corrected chi connectivity index (χ3v) is 10.4. The Morgan fingerprint density at radius 2 is 1.00 bits per heavy atom. The van der Waals surface area contributed by atoms with Crippen LogP contribution in [0, 0.1) is 47.3 Å². The van der Waals surface area contributed by atoms with Crippen molar-refractivity contribution in [2.45, 2.75) is 134 Å². The lowest BCUT2D eigenvalue weighted by Gasteiger charge is -2.45. The van der Waals surface area contributed by atoms with Crippen LogP contribution in [0.15, 0.2) is 0 Å². The second-order valence-electron chi connectivity index (χ2n) is 13.3. The molecule has 4 rings (SSSR count). The smallest absolute Gasteiger partial charge is 0.210 e. The minimum atomic E-state index is -0.248. The Hall–Kier alpha value is -0.240. The standard InChI is InChI=1S/C29H52O6/c1-16-7-18(10-22(28(16)34)12-20-3-5-24(30)14-26(20)32)9-19-8-17(2)29(35)23(11-19)13-21-4-6-25(31)15-27(21)33/h16-35H,3-15H2,1-2H3/i30D,31D,32D,33D,34D,35D. The monoisotopic (exact) mass is 502 g/mol. The molecule has 0 amide bonds. The fourth-order valence-corrected chi connectivity index (χ4v) is 8.51. The maximum Gasteiger partial charge on any atom is 0.210 e. The summed E-state index contributed by atoms with van der Waals surface area (Å²) in [7, 11) is 0. The first kappa shape index (κ1) is 20.7. The molecular weight excluding hydrogens is 444 g/mol. The lowest BCUT2D eigenvalue weighted by Crippen LogP contribution is -2.42. The average Bonchev–Trinajstić information content (AvgIpc) is 2.97. The Morgan fingerprint density at radius 1 is 0.514 bits per heavy atom. The van der Waals surface area contributed by atoms with E-state index in [-0.39, 0.29) is 72.1 Å². The van der Waals surface area contributed by atoms with Crippen molar-refractivity contribution in [2.75, 3.05) is 0 Å². The summed E-state index contributed by atoms with van der Waals surface area (Å²) in [6, 6.07) is 0. The molecule has 14 unspecified atom stereocenters. The predicted octanol–water partition coefficient (Wildman–Crippen LogP) is 3.25. The van der Waals surface area contributed by atoms with E-state index < -0.39 is 0 Å². The van der Waals surface area contributed by atoms with Crippen LogP contribution in [0.1, 0.15) is 97.3 Å². The minimum absolute atomic E-state index is 0.119. The molecule has 0 aliphatic heterocycles. The van der Waals surface area contributed by atoms with Crippen LogP contribution in [0.3, 0.4) is 0 Å². The first-order chi connectivity index (χ1) is 19.8. The molecule has 4 aliphatic rings. The molecule has 4 aliphatic carbocycles. The molecule has 0 bridgehead atoms. The van der Waals surface area contributed by atoms with E-state index in [1.165, 1.54) is 0 Å². The van der Waals surface area contributed by atoms with Gasteiger partial charge in [0.25, 0.3) is 0 Å². The van der Waals surface area contributed by atoms with Crippen LogP contribution in [0.25, 0.3) is 0 Å². The van der Waals surface area contributed by atoms with E-state index in [1.54, 1.807) is 0 Å². The fraction of sp³-hybridized carbons (Fsp3) is 1.00. The highest BCUT2D eigenvalue weighted by Crippen LogP contribution is 2.46. The van der Waals surface area contributed by atoms with Gasteiger partial charge in [0.15, 0.2) is 0 Å². The Labute approximate surface area is 221 Å². The van der Waals surface area contributed by atoms with E-state index in [2.05, 4.69) is 13.8 Å². The SMILES string of the molecule is [2H]OC1CCC(CC2CC(CC3CC(C)C(O[2H])C(CC4CCC(O[2H])CC4O[2H])C3)CC(C)C2O[2H])C(O[2H])C1. The first-order valence-electron chi connectivity index (χ1n) is 17.0. The van der Waals surface area contributed by atoms with E-state index in [1.807, 2.05) is 0 Å². The van der Waals surface area contributed by atoms with Crippen LogP contribution < -0.4 is 0 Å². The largest absolute Gasteiger partial charge is 0.393 e. The summed E-state index contributed by atoms with van der Waals surface area (Å²) in [6.45, 7) is 4.41. The van der Waals surface area contributed by atoms with Gasteiger partial charge in [-0.25, -0.2) is 0 Å².